The Balaban J connectivity index is 3.37. The predicted octanol–water partition coefficient (Wildman–Crippen LogP) is 2.33. The molecule has 6 heteroatoms. The van der Waals surface area contributed by atoms with Gasteiger partial charge in [-0.15, -0.1) is 0 Å². The Morgan fingerprint density at radius 2 is 2.33 bits per heavy atom. The van der Waals surface area contributed by atoms with Crippen molar-refractivity contribution in [3.05, 3.63) is 27.2 Å². The fraction of sp³-hybridized carbons (Fsp3) is 0. The van der Waals surface area contributed by atoms with Crippen molar-refractivity contribution < 1.29 is 14.3 Å². The molecule has 0 spiro atoms. The number of aromatic carboxylic acids is 1. The van der Waals surface area contributed by atoms with E-state index in [1.807, 2.05) is 0 Å². The molecule has 12 heavy (non-hydrogen) atoms. The lowest BCUT2D eigenvalue weighted by Crippen LogP contribution is -2.02. The van der Waals surface area contributed by atoms with E-state index < -0.39 is 22.5 Å². The van der Waals surface area contributed by atoms with E-state index in [2.05, 4.69) is 20.9 Å². The summed E-state index contributed by atoms with van der Waals surface area (Å²) < 4.78 is 13.0. The van der Waals surface area contributed by atoms with Crippen LogP contribution >= 0.6 is 27.5 Å². The maximum absolute atomic E-state index is 12.8. The smallest absolute Gasteiger partial charge is 0.338 e. The molecule has 0 aliphatic rings. The Bertz CT molecular complexity index is 345. The van der Waals surface area contributed by atoms with Crippen LogP contribution in [-0.4, -0.2) is 16.1 Å². The molecule has 0 aliphatic carbocycles. The minimum absolute atomic E-state index is 0.186. The van der Waals surface area contributed by atoms with Crippen LogP contribution in [0.2, 0.25) is 5.15 Å². The second-order valence-corrected chi connectivity index (χ2v) is 3.07. The van der Waals surface area contributed by atoms with Crippen LogP contribution in [0.15, 0.2) is 10.7 Å². The minimum Gasteiger partial charge on any atom is -0.478 e. The van der Waals surface area contributed by atoms with Crippen molar-refractivity contribution in [3.63, 3.8) is 0 Å². The number of carboxylic acids is 1. The summed E-state index contributed by atoms with van der Waals surface area (Å²) in [4.78, 5) is 13.8. The normalized spacial score (nSPS) is 9.92. The topological polar surface area (TPSA) is 50.2 Å². The van der Waals surface area contributed by atoms with Gasteiger partial charge in [0.15, 0.2) is 11.0 Å². The van der Waals surface area contributed by atoms with Crippen LogP contribution in [0.1, 0.15) is 10.4 Å². The van der Waals surface area contributed by atoms with Crippen LogP contribution in [0.4, 0.5) is 4.39 Å². The molecule has 1 heterocycles. The Kier molecular flexibility index (Phi) is 2.64. The highest BCUT2D eigenvalue weighted by molar-refractivity contribution is 9.10. The molecule has 0 saturated carbocycles. The molecule has 0 aliphatic heterocycles. The van der Waals surface area contributed by atoms with Crippen LogP contribution < -0.4 is 0 Å². The molecule has 1 aromatic heterocycles. The molecule has 0 bridgehead atoms. The molecule has 0 fully saturated rings. The third-order valence-electron chi connectivity index (χ3n) is 1.12. The van der Waals surface area contributed by atoms with Gasteiger partial charge in [-0.05, 0) is 22.0 Å². The van der Waals surface area contributed by atoms with E-state index in [0.717, 1.165) is 6.07 Å². The van der Waals surface area contributed by atoms with E-state index in [4.69, 9.17) is 16.7 Å². The Labute approximate surface area is 80.3 Å². The van der Waals surface area contributed by atoms with E-state index >= 15 is 0 Å². The van der Waals surface area contributed by atoms with Gasteiger partial charge < -0.3 is 5.11 Å². The predicted molar refractivity (Wildman–Crippen MR) is 43.9 cm³/mol. The highest BCUT2D eigenvalue weighted by Gasteiger charge is 2.15. The van der Waals surface area contributed by atoms with E-state index in [0.29, 0.717) is 0 Å². The number of rotatable bonds is 1. The third kappa shape index (κ3) is 1.73. The zero-order valence-corrected chi connectivity index (χ0v) is 7.86. The molecule has 3 nitrogen and oxygen atoms in total. The summed E-state index contributed by atoms with van der Waals surface area (Å²) in [6.07, 6.45) is 0. The first-order chi connectivity index (χ1) is 5.52. The standard InChI is InChI=1S/C6H2BrClFNO2/c7-3-1-2(6(11)12)4(9)5(8)10-3/h1H,(H,11,12). The summed E-state index contributed by atoms with van der Waals surface area (Å²) in [5.74, 6) is -2.40. The molecule has 1 aromatic rings. The summed E-state index contributed by atoms with van der Waals surface area (Å²) >= 11 is 8.17. The SMILES string of the molecule is O=C(O)c1cc(Br)nc(Cl)c1F. The lowest BCUT2D eigenvalue weighted by atomic mass is 10.3. The number of carbonyl (C=O) groups is 1. The molecule has 0 aromatic carbocycles. The van der Waals surface area contributed by atoms with Crippen molar-refractivity contribution in [2.24, 2.45) is 0 Å². The van der Waals surface area contributed by atoms with Crippen LogP contribution in [0.3, 0.4) is 0 Å². The van der Waals surface area contributed by atoms with Gasteiger partial charge in [0.1, 0.15) is 10.2 Å². The van der Waals surface area contributed by atoms with Gasteiger partial charge in [0.05, 0.1) is 0 Å². The zero-order chi connectivity index (χ0) is 9.30. The quantitative estimate of drug-likeness (QED) is 0.783. The van der Waals surface area contributed by atoms with Gasteiger partial charge in [-0.25, -0.2) is 14.2 Å². The number of hydrogen-bond acceptors (Lipinski definition) is 2. The summed E-state index contributed by atoms with van der Waals surface area (Å²) in [7, 11) is 0. The fourth-order valence-corrected chi connectivity index (χ4v) is 1.33. The van der Waals surface area contributed by atoms with Gasteiger partial charge in [0.25, 0.3) is 0 Å². The van der Waals surface area contributed by atoms with Gasteiger partial charge in [0.2, 0.25) is 0 Å². The van der Waals surface area contributed by atoms with Crippen molar-refractivity contribution in [1.82, 2.24) is 4.98 Å². The Morgan fingerprint density at radius 3 is 2.83 bits per heavy atom. The van der Waals surface area contributed by atoms with Crippen molar-refractivity contribution in [2.45, 2.75) is 0 Å². The highest BCUT2D eigenvalue weighted by Crippen LogP contribution is 2.20. The lowest BCUT2D eigenvalue weighted by molar-refractivity contribution is 0.0691. The molecule has 0 amide bonds. The number of aromatic nitrogens is 1. The van der Waals surface area contributed by atoms with Gasteiger partial charge in [-0.2, -0.15) is 0 Å². The molecule has 0 radical (unpaired) electrons. The second-order valence-electron chi connectivity index (χ2n) is 1.90. The first kappa shape index (κ1) is 9.41. The van der Waals surface area contributed by atoms with Gasteiger partial charge in [-0.3, -0.25) is 0 Å². The molecule has 1 rings (SSSR count). The maximum Gasteiger partial charge on any atom is 0.338 e. The molecular formula is C6H2BrClFNO2. The molecule has 0 unspecified atom stereocenters. The number of pyridine rings is 1. The fourth-order valence-electron chi connectivity index (χ4n) is 0.624. The number of hydrogen-bond donors (Lipinski definition) is 1. The van der Waals surface area contributed by atoms with Crippen LogP contribution in [-0.2, 0) is 0 Å². The number of halogens is 3. The van der Waals surface area contributed by atoms with Crippen LogP contribution in [0.25, 0.3) is 0 Å². The van der Waals surface area contributed by atoms with Crippen LogP contribution in [0, 0.1) is 5.82 Å². The highest BCUT2D eigenvalue weighted by atomic mass is 79.9. The zero-order valence-electron chi connectivity index (χ0n) is 5.51. The third-order valence-corrected chi connectivity index (χ3v) is 1.77. The average Bonchev–Trinajstić information content (AvgIpc) is 1.96. The number of nitrogens with zero attached hydrogens (tertiary/aromatic N) is 1. The monoisotopic (exact) mass is 253 g/mol. The molecular weight excluding hydrogens is 252 g/mol. The minimum atomic E-state index is -1.38. The molecule has 64 valence electrons. The van der Waals surface area contributed by atoms with E-state index in [9.17, 15) is 9.18 Å². The summed E-state index contributed by atoms with van der Waals surface area (Å²) in [5, 5.41) is 8.01. The molecule has 0 saturated heterocycles. The van der Waals surface area contributed by atoms with Gasteiger partial charge in [0, 0.05) is 0 Å². The second kappa shape index (κ2) is 3.37. The van der Waals surface area contributed by atoms with E-state index in [-0.39, 0.29) is 4.60 Å². The van der Waals surface area contributed by atoms with Gasteiger partial charge in [-0.1, -0.05) is 11.6 Å². The van der Waals surface area contributed by atoms with E-state index in [1.54, 1.807) is 0 Å². The summed E-state index contributed by atoms with van der Waals surface area (Å²) in [5.41, 5.74) is -0.498. The molecule has 0 atom stereocenters. The summed E-state index contributed by atoms with van der Waals surface area (Å²) in [6.45, 7) is 0. The Morgan fingerprint density at radius 1 is 1.75 bits per heavy atom. The van der Waals surface area contributed by atoms with Crippen molar-refractivity contribution in [3.8, 4) is 0 Å². The van der Waals surface area contributed by atoms with E-state index in [1.165, 1.54) is 0 Å². The average molecular weight is 254 g/mol. The first-order valence-corrected chi connectivity index (χ1v) is 3.94. The Hall–Kier alpha value is -0.680. The first-order valence-electron chi connectivity index (χ1n) is 2.77. The van der Waals surface area contributed by atoms with Crippen LogP contribution in [0.5, 0.6) is 0 Å². The molecule has 1 N–H and O–H groups in total. The van der Waals surface area contributed by atoms with Crippen molar-refractivity contribution >= 4 is 33.5 Å². The number of carboxylic acid groups (broad SMARTS) is 1. The van der Waals surface area contributed by atoms with Gasteiger partial charge >= 0.3 is 5.97 Å². The largest absolute Gasteiger partial charge is 0.478 e. The lowest BCUT2D eigenvalue weighted by Gasteiger charge is -1.98. The maximum atomic E-state index is 12.8. The van der Waals surface area contributed by atoms with Crippen molar-refractivity contribution in [2.75, 3.05) is 0 Å². The summed E-state index contributed by atoms with van der Waals surface area (Å²) in [6, 6.07) is 1.05. The van der Waals surface area contributed by atoms with Crippen molar-refractivity contribution in [1.29, 1.82) is 0 Å².